The lowest BCUT2D eigenvalue weighted by Gasteiger charge is -2.14. The van der Waals surface area contributed by atoms with Crippen LogP contribution in [0, 0.1) is 0 Å². The number of fused-ring (bicyclic) bond motifs is 3. The predicted octanol–water partition coefficient (Wildman–Crippen LogP) is 5.26. The van der Waals surface area contributed by atoms with Gasteiger partial charge in [0.2, 0.25) is 0 Å². The Morgan fingerprint density at radius 1 is 1.00 bits per heavy atom. The van der Waals surface area contributed by atoms with E-state index in [1.54, 1.807) is 25.3 Å². The molecule has 0 spiro atoms. The summed E-state index contributed by atoms with van der Waals surface area (Å²) in [5.41, 5.74) is 6.24. The number of carbonyl (C=O) groups excluding carboxylic acids is 1. The van der Waals surface area contributed by atoms with Crippen LogP contribution < -0.4 is 10.1 Å². The van der Waals surface area contributed by atoms with Crippen LogP contribution in [0.2, 0.25) is 0 Å². The third kappa shape index (κ3) is 5.29. The summed E-state index contributed by atoms with van der Waals surface area (Å²) < 4.78 is 10.9. The number of amides is 1. The van der Waals surface area contributed by atoms with E-state index in [4.69, 9.17) is 14.6 Å². The van der Waals surface area contributed by atoms with Crippen LogP contribution in [0.3, 0.4) is 0 Å². The van der Waals surface area contributed by atoms with Crippen molar-refractivity contribution in [3.8, 4) is 16.9 Å². The van der Waals surface area contributed by atoms with Crippen LogP contribution in [-0.2, 0) is 16.0 Å². The number of alkyl carbamates (subject to hydrolysis) is 1. The van der Waals surface area contributed by atoms with Gasteiger partial charge in [0.15, 0.2) is 0 Å². The molecule has 0 heterocycles. The number of hydrogen-bond acceptors (Lipinski definition) is 4. The average Bonchev–Trinajstić information content (AvgIpc) is 3.16. The molecule has 4 rings (SSSR count). The molecule has 2 N–H and O–H groups in total. The quantitative estimate of drug-likeness (QED) is 0.428. The predicted molar refractivity (Wildman–Crippen MR) is 131 cm³/mol. The highest BCUT2D eigenvalue weighted by Crippen LogP contribution is 2.44. The maximum Gasteiger partial charge on any atom is 0.407 e. The van der Waals surface area contributed by atoms with Gasteiger partial charge in [-0.05, 0) is 46.4 Å². The number of carboxylic acid groups (broad SMARTS) is 1. The lowest BCUT2D eigenvalue weighted by atomic mass is 9.98. The number of hydrogen-bond donors (Lipinski definition) is 2. The van der Waals surface area contributed by atoms with Crippen molar-refractivity contribution in [2.45, 2.75) is 18.8 Å². The Kier molecular flexibility index (Phi) is 7.28. The molecule has 3 aromatic carbocycles. The molecule has 0 unspecified atom stereocenters. The Hall–Kier alpha value is -4.06. The molecule has 1 amide bonds. The summed E-state index contributed by atoms with van der Waals surface area (Å²) in [5, 5.41) is 11.8. The lowest BCUT2D eigenvalue weighted by molar-refractivity contribution is -0.136. The van der Waals surface area contributed by atoms with Gasteiger partial charge in [0.05, 0.1) is 13.5 Å². The summed E-state index contributed by atoms with van der Waals surface area (Å²) in [7, 11) is 1.57. The molecule has 1 aliphatic rings. The zero-order valence-corrected chi connectivity index (χ0v) is 19.0. The second-order valence-electron chi connectivity index (χ2n) is 8.09. The van der Waals surface area contributed by atoms with Crippen LogP contribution in [-0.4, -0.2) is 37.4 Å². The van der Waals surface area contributed by atoms with Gasteiger partial charge in [0, 0.05) is 18.0 Å². The first kappa shape index (κ1) is 23.1. The highest BCUT2D eigenvalue weighted by molar-refractivity contribution is 5.79. The van der Waals surface area contributed by atoms with Gasteiger partial charge in [-0.1, -0.05) is 66.7 Å². The molecule has 0 radical (unpaired) electrons. The molecule has 6 nitrogen and oxygen atoms in total. The van der Waals surface area contributed by atoms with Gasteiger partial charge in [-0.2, -0.15) is 0 Å². The summed E-state index contributed by atoms with van der Waals surface area (Å²) in [6.07, 6.45) is 3.87. The number of carbonyl (C=O) groups is 2. The van der Waals surface area contributed by atoms with Gasteiger partial charge in [-0.15, -0.1) is 0 Å². The SMILES string of the molecule is COc1ccc(CC(=O)O)cc1C=CCCNC(=O)OCC1c2ccccc2-c2ccccc21. The first-order valence-corrected chi connectivity index (χ1v) is 11.2. The molecule has 0 saturated heterocycles. The first-order chi connectivity index (χ1) is 16.6. The van der Waals surface area contributed by atoms with Gasteiger partial charge in [-0.25, -0.2) is 4.79 Å². The second-order valence-corrected chi connectivity index (χ2v) is 8.09. The van der Waals surface area contributed by atoms with Crippen molar-refractivity contribution in [3.05, 3.63) is 95.1 Å². The van der Waals surface area contributed by atoms with E-state index < -0.39 is 12.1 Å². The number of ether oxygens (including phenoxy) is 2. The maximum atomic E-state index is 12.3. The molecule has 0 fully saturated rings. The van der Waals surface area contributed by atoms with Gasteiger partial charge in [0.1, 0.15) is 12.4 Å². The van der Waals surface area contributed by atoms with Crippen molar-refractivity contribution in [1.29, 1.82) is 0 Å². The van der Waals surface area contributed by atoms with Crippen LogP contribution in [0.4, 0.5) is 4.79 Å². The molecule has 3 aromatic rings. The molecule has 6 heteroatoms. The van der Waals surface area contributed by atoms with Crippen molar-refractivity contribution in [2.75, 3.05) is 20.3 Å². The molecular weight excluding hydrogens is 430 g/mol. The summed E-state index contributed by atoms with van der Waals surface area (Å²) in [5.74, 6) is -0.189. The summed E-state index contributed by atoms with van der Waals surface area (Å²) in [6.45, 7) is 0.702. The van der Waals surface area contributed by atoms with E-state index >= 15 is 0 Å². The minimum atomic E-state index is -0.882. The summed E-state index contributed by atoms with van der Waals surface area (Å²) in [6, 6.07) is 21.7. The van der Waals surface area contributed by atoms with E-state index in [1.807, 2.05) is 36.4 Å². The van der Waals surface area contributed by atoms with Crippen LogP contribution >= 0.6 is 0 Å². The van der Waals surface area contributed by atoms with E-state index in [0.29, 0.717) is 24.3 Å². The molecule has 0 bridgehead atoms. The maximum absolute atomic E-state index is 12.3. The normalized spacial score (nSPS) is 12.3. The molecule has 0 saturated carbocycles. The Bertz CT molecular complexity index is 1170. The summed E-state index contributed by atoms with van der Waals surface area (Å²) >= 11 is 0. The number of aliphatic carboxylic acids is 1. The number of rotatable bonds is 9. The summed E-state index contributed by atoms with van der Waals surface area (Å²) in [4.78, 5) is 23.2. The van der Waals surface area contributed by atoms with E-state index in [9.17, 15) is 9.59 Å². The fraction of sp³-hybridized carbons (Fsp3) is 0.214. The Labute approximate surface area is 198 Å². The van der Waals surface area contributed by atoms with Gasteiger partial charge in [0.25, 0.3) is 0 Å². The van der Waals surface area contributed by atoms with Crippen LogP contribution in [0.1, 0.15) is 34.6 Å². The van der Waals surface area contributed by atoms with Crippen LogP contribution in [0.25, 0.3) is 17.2 Å². The molecule has 1 aliphatic carbocycles. The van der Waals surface area contributed by atoms with Crippen molar-refractivity contribution in [1.82, 2.24) is 5.32 Å². The van der Waals surface area contributed by atoms with Crippen LogP contribution in [0.5, 0.6) is 5.75 Å². The molecule has 0 aliphatic heterocycles. The molecule has 174 valence electrons. The molecule has 0 aromatic heterocycles. The van der Waals surface area contributed by atoms with Crippen molar-refractivity contribution >= 4 is 18.1 Å². The Morgan fingerprint density at radius 3 is 2.32 bits per heavy atom. The van der Waals surface area contributed by atoms with Crippen LogP contribution in [0.15, 0.2) is 72.8 Å². The van der Waals surface area contributed by atoms with E-state index in [-0.39, 0.29) is 18.9 Å². The Morgan fingerprint density at radius 2 is 1.68 bits per heavy atom. The lowest BCUT2D eigenvalue weighted by Crippen LogP contribution is -2.26. The smallest absolute Gasteiger partial charge is 0.407 e. The highest BCUT2D eigenvalue weighted by Gasteiger charge is 2.28. The topological polar surface area (TPSA) is 84.9 Å². The third-order valence-electron chi connectivity index (χ3n) is 5.87. The molecular formula is C28H27NO5. The van der Waals surface area contributed by atoms with Gasteiger partial charge < -0.3 is 19.9 Å². The molecule has 0 atom stereocenters. The second kappa shape index (κ2) is 10.7. The van der Waals surface area contributed by atoms with Gasteiger partial charge >= 0.3 is 12.1 Å². The van der Waals surface area contributed by atoms with Crippen molar-refractivity contribution < 1.29 is 24.2 Å². The monoisotopic (exact) mass is 457 g/mol. The first-order valence-electron chi connectivity index (χ1n) is 11.2. The number of methoxy groups -OCH3 is 1. The van der Waals surface area contributed by atoms with E-state index in [1.165, 1.54) is 22.3 Å². The number of carboxylic acids is 1. The zero-order chi connectivity index (χ0) is 23.9. The largest absolute Gasteiger partial charge is 0.496 e. The standard InChI is InChI=1S/C28H27NO5/c1-33-26-14-13-19(17-27(30)31)16-20(26)8-6-7-15-29-28(32)34-18-25-23-11-4-2-9-21(23)22-10-3-5-12-24(22)25/h2-6,8-14,16,25H,7,15,17-18H2,1H3,(H,29,32)(H,30,31). The number of benzene rings is 3. The molecule has 34 heavy (non-hydrogen) atoms. The fourth-order valence-electron chi connectivity index (χ4n) is 4.32. The third-order valence-corrected chi connectivity index (χ3v) is 5.87. The van der Waals surface area contributed by atoms with E-state index in [2.05, 4.69) is 29.6 Å². The number of nitrogens with one attached hydrogen (secondary N) is 1. The van der Waals surface area contributed by atoms with Crippen molar-refractivity contribution in [3.63, 3.8) is 0 Å². The average molecular weight is 458 g/mol. The minimum absolute atomic E-state index is 0.0311. The van der Waals surface area contributed by atoms with Gasteiger partial charge in [-0.3, -0.25) is 4.79 Å². The minimum Gasteiger partial charge on any atom is -0.496 e. The fourth-order valence-corrected chi connectivity index (χ4v) is 4.32. The zero-order valence-electron chi connectivity index (χ0n) is 19.0. The van der Waals surface area contributed by atoms with E-state index in [0.717, 1.165) is 5.56 Å². The van der Waals surface area contributed by atoms with Crippen molar-refractivity contribution in [2.24, 2.45) is 0 Å². The Balaban J connectivity index is 1.28. The highest BCUT2D eigenvalue weighted by atomic mass is 16.5.